The molecule has 0 spiro atoms. The first-order valence-electron chi connectivity index (χ1n) is 19.2. The molecule has 57 heavy (non-hydrogen) atoms. The van der Waals surface area contributed by atoms with Gasteiger partial charge in [0.1, 0.15) is 17.3 Å². The van der Waals surface area contributed by atoms with E-state index in [1.807, 2.05) is 118 Å². The lowest BCUT2D eigenvalue weighted by molar-refractivity contribution is 0.0688. The number of phenolic OH excluding ortho intramolecular Hbond substituents is 1. The second-order valence-corrected chi connectivity index (χ2v) is 14.7. The fraction of sp³-hybridized carbons (Fsp3) is 0.204. The van der Waals surface area contributed by atoms with E-state index in [1.54, 1.807) is 24.3 Å². The number of aliphatic hydroxyl groups excluding tert-OH is 2. The Kier molecular flexibility index (Phi) is 13.2. The summed E-state index contributed by atoms with van der Waals surface area (Å²) in [7, 11) is 0. The number of ether oxygens (including phenoxy) is 1. The number of phenols is 1. The molecule has 292 valence electrons. The van der Waals surface area contributed by atoms with Gasteiger partial charge in [-0.05, 0) is 96.5 Å². The monoisotopic (exact) mass is 764 g/mol. The maximum atomic E-state index is 14.3. The van der Waals surface area contributed by atoms with E-state index in [0.717, 1.165) is 33.6 Å². The third kappa shape index (κ3) is 10.6. The molecule has 6 rings (SSSR count). The van der Waals surface area contributed by atoms with Crippen molar-refractivity contribution < 1.29 is 29.2 Å². The number of aromatic nitrogens is 1. The van der Waals surface area contributed by atoms with Crippen LogP contribution in [0.3, 0.4) is 0 Å². The third-order valence-electron chi connectivity index (χ3n) is 9.70. The van der Waals surface area contributed by atoms with Crippen molar-refractivity contribution in [3.8, 4) is 33.9 Å². The Morgan fingerprint density at radius 3 is 2.14 bits per heavy atom. The maximum absolute atomic E-state index is 14.3. The summed E-state index contributed by atoms with van der Waals surface area (Å²) >= 11 is 0. The molecule has 0 bridgehead atoms. The van der Waals surface area contributed by atoms with Crippen molar-refractivity contribution in [2.45, 2.75) is 64.7 Å². The summed E-state index contributed by atoms with van der Waals surface area (Å²) in [5.41, 5.74) is 7.84. The predicted octanol–water partition coefficient (Wildman–Crippen LogP) is 11.0. The summed E-state index contributed by atoms with van der Waals surface area (Å²) in [5, 5.41) is 35.8. The van der Waals surface area contributed by atoms with Gasteiger partial charge < -0.3 is 29.9 Å². The Morgan fingerprint density at radius 1 is 0.825 bits per heavy atom. The van der Waals surface area contributed by atoms with Crippen LogP contribution in [0.2, 0.25) is 0 Å². The zero-order chi connectivity index (χ0) is 40.5. The van der Waals surface area contributed by atoms with Gasteiger partial charge in [0.2, 0.25) is 0 Å². The van der Waals surface area contributed by atoms with E-state index >= 15 is 0 Å². The minimum absolute atomic E-state index is 0.0294. The van der Waals surface area contributed by atoms with Gasteiger partial charge in [-0.3, -0.25) is 4.79 Å². The SMILES string of the molecule is C=C(C[C@H](O)C[C@H](O)CCn1c(-c2ccc(F)cc2)c(-c2ccccc2)c(C(=O)Nc2ccccc2)c1C(C)C)Oc1cc(O)cc(/C=C/c2ccc(C)cc2)c1. The van der Waals surface area contributed by atoms with Crippen molar-refractivity contribution in [1.29, 1.82) is 0 Å². The molecular formula is C49H49FN2O5. The number of nitrogens with zero attached hydrogens (tertiary/aromatic N) is 1. The highest BCUT2D eigenvalue weighted by atomic mass is 19.1. The molecule has 2 atom stereocenters. The number of rotatable bonds is 16. The normalized spacial score (nSPS) is 12.5. The van der Waals surface area contributed by atoms with Crippen LogP contribution in [0, 0.1) is 12.7 Å². The van der Waals surface area contributed by atoms with Crippen LogP contribution in [-0.2, 0) is 6.54 Å². The highest BCUT2D eigenvalue weighted by Gasteiger charge is 2.31. The van der Waals surface area contributed by atoms with Crippen LogP contribution < -0.4 is 10.1 Å². The summed E-state index contributed by atoms with van der Waals surface area (Å²) < 4.78 is 22.3. The van der Waals surface area contributed by atoms with Crippen molar-refractivity contribution in [2.24, 2.45) is 0 Å². The number of amides is 1. The molecule has 0 radical (unpaired) electrons. The number of aryl methyl sites for hydroxylation is 1. The molecule has 0 aliphatic carbocycles. The van der Waals surface area contributed by atoms with Crippen LogP contribution in [0.1, 0.15) is 71.8 Å². The fourth-order valence-corrected chi connectivity index (χ4v) is 7.10. The van der Waals surface area contributed by atoms with E-state index in [1.165, 1.54) is 23.8 Å². The molecule has 1 amide bonds. The molecule has 0 saturated carbocycles. The van der Waals surface area contributed by atoms with Crippen molar-refractivity contribution in [3.63, 3.8) is 0 Å². The molecule has 1 heterocycles. The number of halogens is 1. The molecule has 6 aromatic rings. The van der Waals surface area contributed by atoms with Crippen molar-refractivity contribution in [1.82, 2.24) is 4.57 Å². The van der Waals surface area contributed by atoms with E-state index in [9.17, 15) is 24.5 Å². The molecule has 4 N–H and O–H groups in total. The summed E-state index contributed by atoms with van der Waals surface area (Å²) in [5.74, 6) is -0.0828. The molecule has 0 unspecified atom stereocenters. The molecule has 5 aromatic carbocycles. The summed E-state index contributed by atoms with van der Waals surface area (Å²) in [6, 6.07) is 38.1. The van der Waals surface area contributed by atoms with Gasteiger partial charge >= 0.3 is 0 Å². The Balaban J connectivity index is 1.21. The van der Waals surface area contributed by atoms with E-state index in [0.29, 0.717) is 29.1 Å². The molecule has 0 saturated heterocycles. The Hall–Kier alpha value is -6.22. The van der Waals surface area contributed by atoms with Gasteiger partial charge in [0, 0.05) is 36.0 Å². The summed E-state index contributed by atoms with van der Waals surface area (Å²) in [4.78, 5) is 14.3. The second kappa shape index (κ2) is 18.6. The maximum Gasteiger partial charge on any atom is 0.258 e. The van der Waals surface area contributed by atoms with Crippen molar-refractivity contribution >= 4 is 23.7 Å². The number of aromatic hydroxyl groups is 1. The van der Waals surface area contributed by atoms with Crippen LogP contribution in [0.15, 0.2) is 140 Å². The first kappa shape index (κ1) is 40.4. The minimum Gasteiger partial charge on any atom is -0.508 e. The second-order valence-electron chi connectivity index (χ2n) is 14.7. The Labute approximate surface area is 334 Å². The fourth-order valence-electron chi connectivity index (χ4n) is 7.10. The molecule has 0 fully saturated rings. The molecule has 0 aliphatic heterocycles. The number of carbonyl (C=O) groups excluding carboxylic acids is 1. The van der Waals surface area contributed by atoms with Gasteiger partial charge in [0.05, 0.1) is 29.2 Å². The average molecular weight is 765 g/mol. The van der Waals surface area contributed by atoms with Crippen LogP contribution in [0.25, 0.3) is 34.5 Å². The van der Waals surface area contributed by atoms with Crippen LogP contribution in [0.5, 0.6) is 11.5 Å². The number of benzene rings is 5. The highest BCUT2D eigenvalue weighted by Crippen LogP contribution is 2.43. The van der Waals surface area contributed by atoms with Gasteiger partial charge in [0.25, 0.3) is 5.91 Å². The lowest BCUT2D eigenvalue weighted by atomic mass is 9.94. The summed E-state index contributed by atoms with van der Waals surface area (Å²) in [6.07, 6.45) is 2.30. The van der Waals surface area contributed by atoms with Gasteiger partial charge in [0.15, 0.2) is 0 Å². The predicted molar refractivity (Wildman–Crippen MR) is 228 cm³/mol. The Bertz CT molecular complexity index is 2310. The number of hydrogen-bond acceptors (Lipinski definition) is 5. The van der Waals surface area contributed by atoms with E-state index < -0.39 is 12.2 Å². The first-order valence-corrected chi connectivity index (χ1v) is 19.2. The molecule has 8 heteroatoms. The van der Waals surface area contributed by atoms with E-state index in [4.69, 9.17) is 4.74 Å². The van der Waals surface area contributed by atoms with Gasteiger partial charge in [-0.2, -0.15) is 0 Å². The zero-order valence-corrected chi connectivity index (χ0v) is 32.5. The van der Waals surface area contributed by atoms with Crippen molar-refractivity contribution in [3.05, 3.63) is 173 Å². The van der Waals surface area contributed by atoms with Crippen LogP contribution >= 0.6 is 0 Å². The van der Waals surface area contributed by atoms with E-state index in [-0.39, 0.29) is 48.4 Å². The number of aliphatic hydroxyl groups is 2. The Morgan fingerprint density at radius 2 is 1.47 bits per heavy atom. The number of para-hydroxylation sites is 1. The summed E-state index contributed by atoms with van der Waals surface area (Å²) in [6.45, 7) is 10.4. The molecule has 0 aliphatic rings. The smallest absolute Gasteiger partial charge is 0.258 e. The minimum atomic E-state index is -0.969. The van der Waals surface area contributed by atoms with Crippen LogP contribution in [0.4, 0.5) is 10.1 Å². The van der Waals surface area contributed by atoms with Gasteiger partial charge in [-0.25, -0.2) is 4.39 Å². The molecular weight excluding hydrogens is 716 g/mol. The topological polar surface area (TPSA) is 104 Å². The first-order chi connectivity index (χ1) is 27.4. The van der Waals surface area contributed by atoms with Gasteiger partial charge in [-0.1, -0.05) is 111 Å². The quantitative estimate of drug-likeness (QED) is 0.0580. The van der Waals surface area contributed by atoms with Gasteiger partial charge in [-0.15, -0.1) is 0 Å². The van der Waals surface area contributed by atoms with Crippen molar-refractivity contribution in [2.75, 3.05) is 5.32 Å². The largest absolute Gasteiger partial charge is 0.508 e. The number of hydrogen-bond donors (Lipinski definition) is 4. The molecule has 1 aromatic heterocycles. The van der Waals surface area contributed by atoms with E-state index in [2.05, 4.69) is 16.5 Å². The lowest BCUT2D eigenvalue weighted by Gasteiger charge is -2.21. The van der Waals surface area contributed by atoms with Crippen LogP contribution in [-0.4, -0.2) is 38.0 Å². The number of nitrogens with one attached hydrogen (secondary N) is 1. The number of carbonyl (C=O) groups is 1. The average Bonchev–Trinajstić information content (AvgIpc) is 3.53. The standard InChI is InChI=1S/C49H49FN2O5/c1-32(2)47-46(49(56)51-40-13-9-6-10-14-40)45(37-11-7-5-8-12-37)48(38-21-23-39(50)24-22-38)52(47)26-25-41(53)30-42(54)27-34(4)57-44-29-36(28-43(55)31-44)20-19-35-17-15-33(3)16-18-35/h5-24,28-29,31-32,41-42,53-55H,4,25-27,30H2,1-3H3,(H,51,56)/b20-19+/t41-,42+/m1/s1. The number of anilines is 1. The third-order valence-corrected chi connectivity index (χ3v) is 9.70. The lowest BCUT2D eigenvalue weighted by Crippen LogP contribution is -2.22. The zero-order valence-electron chi connectivity index (χ0n) is 32.5. The highest BCUT2D eigenvalue weighted by molar-refractivity contribution is 6.12. The molecule has 7 nitrogen and oxygen atoms in total.